The number of nitrogens with zero attached hydrogens (tertiary/aromatic N) is 2. The molecular formula is C18H23N3O3. The van der Waals surface area contributed by atoms with Gasteiger partial charge in [-0.05, 0) is 37.8 Å². The average molecular weight is 329 g/mol. The second kappa shape index (κ2) is 6.65. The summed E-state index contributed by atoms with van der Waals surface area (Å²) in [7, 11) is 0. The van der Waals surface area contributed by atoms with Gasteiger partial charge in [-0.1, -0.05) is 29.4 Å². The lowest BCUT2D eigenvalue weighted by Gasteiger charge is -2.38. The van der Waals surface area contributed by atoms with Crippen molar-refractivity contribution >= 4 is 11.8 Å². The number of aryl methyl sites for hydroxylation is 2. The molecule has 0 aliphatic carbocycles. The number of aromatic nitrogens is 1. The minimum Gasteiger partial charge on any atom is -0.389 e. The number of carbonyl (C=O) groups excluding carboxylic acids is 1. The Bertz CT molecular complexity index is 718. The van der Waals surface area contributed by atoms with Crippen molar-refractivity contribution in [3.05, 3.63) is 47.2 Å². The van der Waals surface area contributed by atoms with Gasteiger partial charge in [0.2, 0.25) is 0 Å². The first kappa shape index (κ1) is 16.5. The zero-order chi connectivity index (χ0) is 17.2. The van der Waals surface area contributed by atoms with Gasteiger partial charge in [-0.25, -0.2) is 4.79 Å². The lowest BCUT2D eigenvalue weighted by atomic mass is 9.84. The normalized spacial score (nSPS) is 16.9. The molecule has 1 fully saturated rings. The van der Waals surface area contributed by atoms with E-state index in [-0.39, 0.29) is 6.03 Å². The van der Waals surface area contributed by atoms with Crippen LogP contribution in [0.2, 0.25) is 0 Å². The highest BCUT2D eigenvalue weighted by Crippen LogP contribution is 2.27. The summed E-state index contributed by atoms with van der Waals surface area (Å²) in [5, 5.41) is 17.3. The number of rotatable bonds is 3. The topological polar surface area (TPSA) is 78.6 Å². The maximum absolute atomic E-state index is 12.3. The Labute approximate surface area is 141 Å². The van der Waals surface area contributed by atoms with Crippen LogP contribution in [-0.2, 0) is 6.42 Å². The summed E-state index contributed by atoms with van der Waals surface area (Å²) in [4.78, 5) is 14.0. The van der Waals surface area contributed by atoms with Crippen molar-refractivity contribution in [3.8, 4) is 0 Å². The highest BCUT2D eigenvalue weighted by molar-refractivity contribution is 5.88. The quantitative estimate of drug-likeness (QED) is 0.907. The van der Waals surface area contributed by atoms with Crippen molar-refractivity contribution in [1.82, 2.24) is 10.1 Å². The van der Waals surface area contributed by atoms with Crippen LogP contribution in [0.1, 0.15) is 29.7 Å². The van der Waals surface area contributed by atoms with Crippen LogP contribution in [0.25, 0.3) is 0 Å². The molecule has 1 aromatic carbocycles. The number of nitrogens with one attached hydrogen (secondary N) is 1. The molecule has 0 spiro atoms. The van der Waals surface area contributed by atoms with Crippen LogP contribution >= 0.6 is 0 Å². The standard InChI is InChI=1S/C18H23N3O3/c1-13-5-3-4-6-15(13)12-18(23)7-9-21(10-8-18)17(22)19-16-11-14(2)24-20-16/h3-6,11,23H,7-10,12H2,1-2H3,(H,19,20,22). The fourth-order valence-corrected chi connectivity index (χ4v) is 3.08. The monoisotopic (exact) mass is 329 g/mol. The highest BCUT2D eigenvalue weighted by Gasteiger charge is 2.34. The number of amides is 2. The average Bonchev–Trinajstić information content (AvgIpc) is 2.95. The number of hydrogen-bond donors (Lipinski definition) is 2. The fraction of sp³-hybridized carbons (Fsp3) is 0.444. The van der Waals surface area contributed by atoms with Crippen LogP contribution in [0.5, 0.6) is 0 Å². The molecule has 0 unspecified atom stereocenters. The van der Waals surface area contributed by atoms with Gasteiger partial charge >= 0.3 is 6.03 Å². The van der Waals surface area contributed by atoms with Crippen LogP contribution in [0.4, 0.5) is 10.6 Å². The van der Waals surface area contributed by atoms with Gasteiger partial charge in [-0.2, -0.15) is 0 Å². The molecule has 2 N–H and O–H groups in total. The third-order valence-electron chi connectivity index (χ3n) is 4.63. The molecule has 0 radical (unpaired) electrons. The molecule has 1 saturated heterocycles. The molecule has 0 atom stereocenters. The van der Waals surface area contributed by atoms with Crippen molar-refractivity contribution in [2.24, 2.45) is 0 Å². The Hall–Kier alpha value is -2.34. The number of urea groups is 1. The Balaban J connectivity index is 1.56. The summed E-state index contributed by atoms with van der Waals surface area (Å²) in [6.45, 7) is 4.87. The summed E-state index contributed by atoms with van der Waals surface area (Å²) in [6.07, 6.45) is 1.75. The Morgan fingerprint density at radius 2 is 2.04 bits per heavy atom. The van der Waals surface area contributed by atoms with Gasteiger partial charge in [0, 0.05) is 25.6 Å². The Morgan fingerprint density at radius 1 is 1.33 bits per heavy atom. The van der Waals surface area contributed by atoms with Gasteiger partial charge in [-0.3, -0.25) is 5.32 Å². The van der Waals surface area contributed by atoms with E-state index in [9.17, 15) is 9.90 Å². The van der Waals surface area contributed by atoms with Crippen LogP contribution < -0.4 is 5.32 Å². The summed E-state index contributed by atoms with van der Waals surface area (Å²) in [5.41, 5.74) is 1.59. The maximum atomic E-state index is 12.3. The van der Waals surface area contributed by atoms with E-state index in [2.05, 4.69) is 29.5 Å². The second-order valence-corrected chi connectivity index (χ2v) is 6.57. The molecule has 2 aromatic rings. The predicted octanol–water partition coefficient (Wildman–Crippen LogP) is 2.89. The first-order valence-electron chi connectivity index (χ1n) is 8.21. The number of anilines is 1. The lowest BCUT2D eigenvalue weighted by molar-refractivity contribution is -0.0106. The van der Waals surface area contributed by atoms with E-state index in [1.165, 1.54) is 5.56 Å². The first-order chi connectivity index (χ1) is 11.5. The third kappa shape index (κ3) is 3.76. The van der Waals surface area contributed by atoms with E-state index >= 15 is 0 Å². The molecule has 2 heterocycles. The van der Waals surface area contributed by atoms with Crippen molar-refractivity contribution in [1.29, 1.82) is 0 Å². The number of benzene rings is 1. The summed E-state index contributed by atoms with van der Waals surface area (Å²) in [6, 6.07) is 9.58. The minimum atomic E-state index is -0.757. The van der Waals surface area contributed by atoms with E-state index in [1.54, 1.807) is 17.9 Å². The Kier molecular flexibility index (Phi) is 4.57. The zero-order valence-electron chi connectivity index (χ0n) is 14.1. The number of carbonyl (C=O) groups is 1. The number of aliphatic hydroxyl groups is 1. The predicted molar refractivity (Wildman–Crippen MR) is 90.9 cm³/mol. The van der Waals surface area contributed by atoms with Gasteiger partial charge in [0.15, 0.2) is 5.82 Å². The molecule has 128 valence electrons. The summed E-state index contributed by atoms with van der Waals surface area (Å²) < 4.78 is 4.94. The van der Waals surface area contributed by atoms with E-state index < -0.39 is 5.60 Å². The molecule has 2 amide bonds. The zero-order valence-corrected chi connectivity index (χ0v) is 14.1. The van der Waals surface area contributed by atoms with Crippen molar-refractivity contribution < 1.29 is 14.4 Å². The highest BCUT2D eigenvalue weighted by atomic mass is 16.5. The third-order valence-corrected chi connectivity index (χ3v) is 4.63. The molecule has 0 bridgehead atoms. The van der Waals surface area contributed by atoms with E-state index in [4.69, 9.17) is 4.52 Å². The molecule has 24 heavy (non-hydrogen) atoms. The van der Waals surface area contributed by atoms with Crippen molar-refractivity contribution in [2.75, 3.05) is 18.4 Å². The lowest BCUT2D eigenvalue weighted by Crippen LogP contribution is -2.49. The van der Waals surface area contributed by atoms with Gasteiger partial charge in [0.25, 0.3) is 0 Å². The molecule has 6 heteroatoms. The number of hydrogen-bond acceptors (Lipinski definition) is 4. The molecule has 1 aromatic heterocycles. The van der Waals surface area contributed by atoms with Crippen LogP contribution in [-0.4, -0.2) is 39.9 Å². The van der Waals surface area contributed by atoms with E-state index in [0.29, 0.717) is 43.9 Å². The molecule has 3 rings (SSSR count). The first-order valence-corrected chi connectivity index (χ1v) is 8.21. The van der Waals surface area contributed by atoms with Gasteiger partial charge < -0.3 is 14.5 Å². The fourth-order valence-electron chi connectivity index (χ4n) is 3.08. The smallest absolute Gasteiger partial charge is 0.323 e. The van der Waals surface area contributed by atoms with Gasteiger partial charge in [-0.15, -0.1) is 0 Å². The summed E-state index contributed by atoms with van der Waals surface area (Å²) in [5.74, 6) is 1.06. The SMILES string of the molecule is Cc1cc(NC(=O)N2CCC(O)(Cc3ccccc3C)CC2)no1. The van der Waals surface area contributed by atoms with Crippen LogP contribution in [0.3, 0.4) is 0 Å². The molecule has 1 aliphatic heterocycles. The second-order valence-electron chi connectivity index (χ2n) is 6.57. The molecular weight excluding hydrogens is 306 g/mol. The Morgan fingerprint density at radius 3 is 2.67 bits per heavy atom. The van der Waals surface area contributed by atoms with Gasteiger partial charge in [0.1, 0.15) is 5.76 Å². The van der Waals surface area contributed by atoms with E-state index in [1.807, 2.05) is 12.1 Å². The number of likely N-dealkylation sites (tertiary alicyclic amines) is 1. The van der Waals surface area contributed by atoms with Crippen molar-refractivity contribution in [2.45, 2.75) is 38.7 Å². The largest absolute Gasteiger partial charge is 0.389 e. The molecule has 0 saturated carbocycles. The van der Waals surface area contributed by atoms with Gasteiger partial charge in [0.05, 0.1) is 5.60 Å². The van der Waals surface area contributed by atoms with Crippen molar-refractivity contribution in [3.63, 3.8) is 0 Å². The van der Waals surface area contributed by atoms with Crippen LogP contribution in [0.15, 0.2) is 34.9 Å². The summed E-state index contributed by atoms with van der Waals surface area (Å²) >= 11 is 0. The van der Waals surface area contributed by atoms with Crippen LogP contribution in [0, 0.1) is 13.8 Å². The molecule has 6 nitrogen and oxygen atoms in total. The molecule has 1 aliphatic rings. The maximum Gasteiger partial charge on any atom is 0.323 e. The van der Waals surface area contributed by atoms with E-state index in [0.717, 1.165) is 5.56 Å². The minimum absolute atomic E-state index is 0.207. The number of piperidine rings is 1.